The van der Waals surface area contributed by atoms with Crippen LogP contribution in [0.15, 0.2) is 0 Å². The van der Waals surface area contributed by atoms with E-state index < -0.39 is 5.97 Å². The van der Waals surface area contributed by atoms with Gasteiger partial charge in [-0.15, -0.1) is 0 Å². The van der Waals surface area contributed by atoms with Gasteiger partial charge in [0, 0.05) is 5.97 Å². The number of carbonyl (C=O) groups is 1. The number of nitrogens with zero attached hydrogens (tertiary/aromatic N) is 1. The van der Waals surface area contributed by atoms with Crippen LogP contribution in [0.5, 0.6) is 0 Å². The second kappa shape index (κ2) is 19.7. The molecule has 0 radical (unpaired) electrons. The zero-order valence-corrected chi connectivity index (χ0v) is 19.6. The molecular formula is C25H51NO2. The highest BCUT2D eigenvalue weighted by Crippen LogP contribution is 2.19. The SMILES string of the molecule is CCCCCC[N+](CCCCCC)(CCCCCC)CCCCCCC(=O)[O-]. The van der Waals surface area contributed by atoms with Crippen LogP contribution in [0.2, 0.25) is 0 Å². The molecule has 3 heteroatoms. The van der Waals surface area contributed by atoms with Crippen LogP contribution in [-0.4, -0.2) is 36.6 Å². The van der Waals surface area contributed by atoms with Gasteiger partial charge in [0.15, 0.2) is 0 Å². The molecule has 0 fully saturated rings. The lowest BCUT2D eigenvalue weighted by molar-refractivity contribution is -0.929. The van der Waals surface area contributed by atoms with Gasteiger partial charge >= 0.3 is 0 Å². The molecule has 168 valence electrons. The van der Waals surface area contributed by atoms with Crippen molar-refractivity contribution in [3.8, 4) is 0 Å². The van der Waals surface area contributed by atoms with E-state index in [0.717, 1.165) is 12.8 Å². The Hall–Kier alpha value is -0.570. The second-order valence-corrected chi connectivity index (χ2v) is 8.95. The third kappa shape index (κ3) is 16.4. The molecule has 3 nitrogen and oxygen atoms in total. The van der Waals surface area contributed by atoms with E-state index in [9.17, 15) is 9.90 Å². The summed E-state index contributed by atoms with van der Waals surface area (Å²) in [7, 11) is 0. The van der Waals surface area contributed by atoms with Crippen molar-refractivity contribution < 1.29 is 14.4 Å². The number of unbranched alkanes of at least 4 members (excludes halogenated alkanes) is 12. The lowest BCUT2D eigenvalue weighted by Crippen LogP contribution is -2.50. The number of hydrogen-bond donors (Lipinski definition) is 0. The van der Waals surface area contributed by atoms with Gasteiger partial charge in [-0.1, -0.05) is 65.7 Å². The van der Waals surface area contributed by atoms with Crippen molar-refractivity contribution in [2.75, 3.05) is 26.2 Å². The molecule has 0 aromatic heterocycles. The molecule has 0 aliphatic rings. The Morgan fingerprint density at radius 1 is 0.536 bits per heavy atom. The van der Waals surface area contributed by atoms with E-state index in [1.807, 2.05) is 0 Å². The van der Waals surface area contributed by atoms with Crippen LogP contribution < -0.4 is 5.11 Å². The van der Waals surface area contributed by atoms with Gasteiger partial charge in [-0.3, -0.25) is 0 Å². The number of quaternary nitrogens is 1. The fourth-order valence-electron chi connectivity index (χ4n) is 4.36. The Morgan fingerprint density at radius 2 is 0.857 bits per heavy atom. The van der Waals surface area contributed by atoms with Crippen LogP contribution in [0.4, 0.5) is 0 Å². The quantitative estimate of drug-likeness (QED) is 0.160. The summed E-state index contributed by atoms with van der Waals surface area (Å²) in [5.74, 6) is -0.895. The van der Waals surface area contributed by atoms with E-state index in [2.05, 4.69) is 20.8 Å². The van der Waals surface area contributed by atoms with Crippen molar-refractivity contribution in [3.63, 3.8) is 0 Å². The van der Waals surface area contributed by atoms with Crippen molar-refractivity contribution in [1.29, 1.82) is 0 Å². The van der Waals surface area contributed by atoms with E-state index in [0.29, 0.717) is 0 Å². The molecule has 0 aromatic rings. The molecule has 0 amide bonds. The summed E-state index contributed by atoms with van der Waals surface area (Å²) in [6.07, 6.45) is 20.8. The van der Waals surface area contributed by atoms with E-state index >= 15 is 0 Å². The van der Waals surface area contributed by atoms with Gasteiger partial charge in [-0.2, -0.15) is 0 Å². The molecule has 0 saturated carbocycles. The highest BCUT2D eigenvalue weighted by molar-refractivity contribution is 5.63. The van der Waals surface area contributed by atoms with Gasteiger partial charge in [-0.05, 0) is 64.2 Å². The molecule has 0 aliphatic heterocycles. The van der Waals surface area contributed by atoms with Crippen LogP contribution in [-0.2, 0) is 4.79 Å². The average molecular weight is 398 g/mol. The van der Waals surface area contributed by atoms with Crippen LogP contribution in [0.1, 0.15) is 130 Å². The summed E-state index contributed by atoms with van der Waals surface area (Å²) in [5, 5.41) is 10.6. The minimum atomic E-state index is -0.895. The van der Waals surface area contributed by atoms with Crippen molar-refractivity contribution in [3.05, 3.63) is 0 Å². The van der Waals surface area contributed by atoms with Crippen LogP contribution in [0.3, 0.4) is 0 Å². The molecule has 0 N–H and O–H groups in total. The lowest BCUT2D eigenvalue weighted by atomic mass is 10.1. The van der Waals surface area contributed by atoms with Crippen molar-refractivity contribution in [2.24, 2.45) is 0 Å². The van der Waals surface area contributed by atoms with Gasteiger partial charge < -0.3 is 14.4 Å². The maximum atomic E-state index is 10.6. The smallest absolute Gasteiger partial charge is 0.0786 e. The number of hydrogen-bond acceptors (Lipinski definition) is 2. The van der Waals surface area contributed by atoms with Gasteiger partial charge in [-0.25, -0.2) is 0 Å². The van der Waals surface area contributed by atoms with Gasteiger partial charge in [0.25, 0.3) is 0 Å². The standard InChI is InChI=1S/C25H51NO2/c1-4-7-10-16-21-26(22-17-11-8-5-2,23-18-12-9-6-3)24-19-14-13-15-20-25(27)28/h4-24H2,1-3H3. The Kier molecular flexibility index (Phi) is 19.3. The van der Waals surface area contributed by atoms with Crippen LogP contribution >= 0.6 is 0 Å². The van der Waals surface area contributed by atoms with Crippen molar-refractivity contribution >= 4 is 5.97 Å². The summed E-state index contributed by atoms with van der Waals surface area (Å²) in [5.41, 5.74) is 0. The topological polar surface area (TPSA) is 40.1 Å². The maximum Gasteiger partial charge on any atom is 0.0786 e. The molecule has 28 heavy (non-hydrogen) atoms. The zero-order valence-electron chi connectivity index (χ0n) is 19.6. The van der Waals surface area contributed by atoms with Crippen LogP contribution in [0.25, 0.3) is 0 Å². The molecule has 0 aromatic carbocycles. The predicted molar refractivity (Wildman–Crippen MR) is 120 cm³/mol. The first-order valence-electron chi connectivity index (χ1n) is 12.6. The van der Waals surface area contributed by atoms with E-state index in [4.69, 9.17) is 0 Å². The number of carboxylic acids is 1. The fourth-order valence-corrected chi connectivity index (χ4v) is 4.36. The zero-order chi connectivity index (χ0) is 20.9. The Balaban J connectivity index is 4.64. The monoisotopic (exact) mass is 397 g/mol. The number of carbonyl (C=O) groups excluding carboxylic acids is 1. The molecule has 0 heterocycles. The average Bonchev–Trinajstić information content (AvgIpc) is 2.68. The van der Waals surface area contributed by atoms with E-state index in [1.165, 1.54) is 121 Å². The molecule has 0 atom stereocenters. The summed E-state index contributed by atoms with van der Waals surface area (Å²) in [4.78, 5) is 10.6. The predicted octanol–water partition coefficient (Wildman–Crippen LogP) is 6.24. The van der Waals surface area contributed by atoms with E-state index in [1.54, 1.807) is 0 Å². The third-order valence-electron chi connectivity index (χ3n) is 6.22. The number of rotatable bonds is 22. The summed E-state index contributed by atoms with van der Waals surface area (Å²) >= 11 is 0. The van der Waals surface area contributed by atoms with Crippen molar-refractivity contribution in [2.45, 2.75) is 130 Å². The van der Waals surface area contributed by atoms with Gasteiger partial charge in [0.05, 0.1) is 26.2 Å². The maximum absolute atomic E-state index is 10.6. The first-order valence-corrected chi connectivity index (χ1v) is 12.6. The molecular weight excluding hydrogens is 346 g/mol. The van der Waals surface area contributed by atoms with Crippen molar-refractivity contribution in [1.82, 2.24) is 0 Å². The molecule has 0 aliphatic carbocycles. The third-order valence-corrected chi connectivity index (χ3v) is 6.22. The Labute approximate surface area is 176 Å². The van der Waals surface area contributed by atoms with Gasteiger partial charge in [0.2, 0.25) is 0 Å². The number of aliphatic carboxylic acids is 1. The summed E-state index contributed by atoms with van der Waals surface area (Å²) < 4.78 is 1.33. The summed E-state index contributed by atoms with van der Waals surface area (Å²) in [6, 6.07) is 0. The minimum absolute atomic E-state index is 0.227. The molecule has 0 unspecified atom stereocenters. The highest BCUT2D eigenvalue weighted by Gasteiger charge is 2.25. The van der Waals surface area contributed by atoms with Gasteiger partial charge in [0.1, 0.15) is 0 Å². The minimum Gasteiger partial charge on any atom is -0.550 e. The Morgan fingerprint density at radius 3 is 1.18 bits per heavy atom. The summed E-state index contributed by atoms with van der Waals surface area (Å²) in [6.45, 7) is 12.3. The van der Waals surface area contributed by atoms with E-state index in [-0.39, 0.29) is 6.42 Å². The Bertz CT molecular complexity index is 312. The first kappa shape index (κ1) is 27.4. The first-order chi connectivity index (χ1) is 13.6. The molecule has 0 spiro atoms. The van der Waals surface area contributed by atoms with Crippen LogP contribution in [0, 0.1) is 0 Å². The highest BCUT2D eigenvalue weighted by atomic mass is 16.4. The number of carboxylic acid groups (broad SMARTS) is 1. The molecule has 0 rings (SSSR count). The molecule has 0 saturated heterocycles. The normalized spacial score (nSPS) is 11.8. The fraction of sp³-hybridized carbons (Fsp3) is 0.960. The largest absolute Gasteiger partial charge is 0.550 e. The lowest BCUT2D eigenvalue weighted by Gasteiger charge is -2.39. The second-order valence-electron chi connectivity index (χ2n) is 8.95. The molecule has 0 bridgehead atoms.